The van der Waals surface area contributed by atoms with Gasteiger partial charge in [0, 0.05) is 0 Å². The number of azo groups is 1. The number of hydrogen-bond acceptors (Lipinski definition) is 6. The predicted molar refractivity (Wildman–Crippen MR) is 70.8 cm³/mol. The van der Waals surface area contributed by atoms with Crippen LogP contribution in [0.25, 0.3) is 0 Å². The summed E-state index contributed by atoms with van der Waals surface area (Å²) >= 11 is 6.01. The third-order valence-corrected chi connectivity index (χ3v) is 3.24. The second-order valence-electron chi connectivity index (χ2n) is 4.01. The second-order valence-corrected chi connectivity index (χ2v) is 4.42. The topological polar surface area (TPSA) is 85.8 Å². The predicted octanol–water partition coefficient (Wildman–Crippen LogP) is 2.91. The molecule has 0 amide bonds. The van der Waals surface area contributed by atoms with E-state index in [2.05, 4.69) is 20.2 Å². The minimum atomic E-state index is -0.317. The molecule has 2 aromatic rings. The van der Waals surface area contributed by atoms with E-state index in [1.165, 1.54) is 6.33 Å². The molecule has 0 fully saturated rings. The first kappa shape index (κ1) is 11.9. The molecule has 0 spiro atoms. The molecule has 0 bridgehead atoms. The van der Waals surface area contributed by atoms with Gasteiger partial charge in [-0.1, -0.05) is 17.7 Å². The van der Waals surface area contributed by atoms with Crippen LogP contribution in [0, 0.1) is 0 Å². The van der Waals surface area contributed by atoms with E-state index in [0.29, 0.717) is 28.0 Å². The van der Waals surface area contributed by atoms with E-state index < -0.39 is 0 Å². The zero-order valence-corrected chi connectivity index (χ0v) is 10.8. The highest BCUT2D eigenvalue weighted by molar-refractivity contribution is 6.32. The van der Waals surface area contributed by atoms with Crippen LogP contribution in [0.4, 0.5) is 11.6 Å². The number of nitrogens with two attached hydrogens (primary N) is 1. The number of ether oxygens (including phenoxy) is 1. The standard InChI is InChI=1S/C12H10ClN5O/c1-19-8-4-6(2-3-7(8)13)10-9-11(14)15-5-16-12(9)18-17-10/h2-5,10H,1H3,(H2,14,15,16). The lowest BCUT2D eigenvalue weighted by molar-refractivity contribution is 0.414. The van der Waals surface area contributed by atoms with E-state index in [1.807, 2.05) is 12.1 Å². The summed E-state index contributed by atoms with van der Waals surface area (Å²) in [6.45, 7) is 0. The van der Waals surface area contributed by atoms with Crippen LogP contribution in [0.2, 0.25) is 5.02 Å². The molecule has 96 valence electrons. The Bertz CT molecular complexity index is 673. The van der Waals surface area contributed by atoms with Gasteiger partial charge in [-0.05, 0) is 17.7 Å². The SMILES string of the molecule is COc1cc(C2N=Nc3ncnc(N)c32)ccc1Cl. The third-order valence-electron chi connectivity index (χ3n) is 2.93. The van der Waals surface area contributed by atoms with Gasteiger partial charge < -0.3 is 10.5 Å². The van der Waals surface area contributed by atoms with E-state index in [9.17, 15) is 0 Å². The molecule has 1 aromatic carbocycles. The molecular weight excluding hydrogens is 266 g/mol. The van der Waals surface area contributed by atoms with Crippen molar-refractivity contribution in [2.45, 2.75) is 6.04 Å². The molecule has 0 saturated carbocycles. The molecule has 2 N–H and O–H groups in total. The number of methoxy groups -OCH3 is 1. The van der Waals surface area contributed by atoms with Crippen molar-refractivity contribution in [1.29, 1.82) is 0 Å². The summed E-state index contributed by atoms with van der Waals surface area (Å²) in [6.07, 6.45) is 1.37. The van der Waals surface area contributed by atoms with Gasteiger partial charge in [-0.3, -0.25) is 0 Å². The van der Waals surface area contributed by atoms with Gasteiger partial charge in [0.05, 0.1) is 17.7 Å². The van der Waals surface area contributed by atoms with Crippen molar-refractivity contribution in [2.24, 2.45) is 10.2 Å². The van der Waals surface area contributed by atoms with Crippen LogP contribution in [-0.2, 0) is 0 Å². The fraction of sp³-hybridized carbons (Fsp3) is 0.167. The lowest BCUT2D eigenvalue weighted by Gasteiger charge is -2.11. The van der Waals surface area contributed by atoms with Gasteiger partial charge in [0.15, 0.2) is 5.82 Å². The van der Waals surface area contributed by atoms with Crippen LogP contribution in [0.15, 0.2) is 34.8 Å². The van der Waals surface area contributed by atoms with Gasteiger partial charge in [0.2, 0.25) is 0 Å². The van der Waals surface area contributed by atoms with Crippen LogP contribution in [0.3, 0.4) is 0 Å². The molecular formula is C12H10ClN5O. The molecule has 19 heavy (non-hydrogen) atoms. The first-order valence-corrected chi connectivity index (χ1v) is 5.93. The van der Waals surface area contributed by atoms with Crippen molar-refractivity contribution < 1.29 is 4.74 Å². The van der Waals surface area contributed by atoms with Crippen molar-refractivity contribution >= 4 is 23.2 Å². The van der Waals surface area contributed by atoms with Gasteiger partial charge in [0.25, 0.3) is 0 Å². The quantitative estimate of drug-likeness (QED) is 0.913. The summed E-state index contributed by atoms with van der Waals surface area (Å²) in [6, 6.07) is 5.11. The molecule has 7 heteroatoms. The maximum absolute atomic E-state index is 6.01. The molecule has 1 aliphatic heterocycles. The third kappa shape index (κ3) is 1.90. The Kier molecular flexibility index (Phi) is 2.79. The minimum Gasteiger partial charge on any atom is -0.495 e. The van der Waals surface area contributed by atoms with Crippen LogP contribution >= 0.6 is 11.6 Å². The average Bonchev–Trinajstić information content (AvgIpc) is 2.85. The number of fused-ring (bicyclic) bond motifs is 1. The van der Waals surface area contributed by atoms with E-state index in [-0.39, 0.29) is 6.04 Å². The maximum Gasteiger partial charge on any atom is 0.185 e. The van der Waals surface area contributed by atoms with Crippen LogP contribution in [0.5, 0.6) is 5.75 Å². The van der Waals surface area contributed by atoms with E-state index in [1.54, 1.807) is 13.2 Å². The zero-order chi connectivity index (χ0) is 13.4. The Hall–Kier alpha value is -2.21. The number of benzene rings is 1. The average molecular weight is 276 g/mol. The molecule has 0 radical (unpaired) electrons. The number of nitrogen functional groups attached to an aromatic ring is 1. The molecule has 3 rings (SSSR count). The highest BCUT2D eigenvalue weighted by Crippen LogP contribution is 2.42. The van der Waals surface area contributed by atoms with Crippen LogP contribution in [0.1, 0.15) is 17.2 Å². The minimum absolute atomic E-state index is 0.317. The normalized spacial score (nSPS) is 16.4. The number of anilines is 1. The van der Waals surface area contributed by atoms with Crippen molar-refractivity contribution in [3.8, 4) is 5.75 Å². The Morgan fingerprint density at radius 2 is 2.16 bits per heavy atom. The molecule has 2 heterocycles. The van der Waals surface area contributed by atoms with Crippen molar-refractivity contribution in [2.75, 3.05) is 12.8 Å². The van der Waals surface area contributed by atoms with Gasteiger partial charge in [-0.2, -0.15) is 5.11 Å². The summed E-state index contributed by atoms with van der Waals surface area (Å²) in [4.78, 5) is 8.02. The lowest BCUT2D eigenvalue weighted by Crippen LogP contribution is -2.03. The van der Waals surface area contributed by atoms with Crippen LogP contribution < -0.4 is 10.5 Å². The molecule has 1 aliphatic rings. The summed E-state index contributed by atoms with van der Waals surface area (Å²) in [7, 11) is 1.56. The summed E-state index contributed by atoms with van der Waals surface area (Å²) in [5.74, 6) is 1.47. The van der Waals surface area contributed by atoms with Crippen molar-refractivity contribution in [3.05, 3.63) is 40.7 Å². The first-order chi connectivity index (χ1) is 9.20. The maximum atomic E-state index is 6.01. The van der Waals surface area contributed by atoms with E-state index in [0.717, 1.165) is 5.56 Å². The lowest BCUT2D eigenvalue weighted by atomic mass is 10.0. The molecule has 1 aromatic heterocycles. The van der Waals surface area contributed by atoms with Gasteiger partial charge in [-0.25, -0.2) is 9.97 Å². The number of rotatable bonds is 2. The Labute approximate surface area is 114 Å². The van der Waals surface area contributed by atoms with Crippen molar-refractivity contribution in [3.63, 3.8) is 0 Å². The Morgan fingerprint density at radius 3 is 2.95 bits per heavy atom. The van der Waals surface area contributed by atoms with E-state index >= 15 is 0 Å². The molecule has 6 nitrogen and oxygen atoms in total. The summed E-state index contributed by atoms with van der Waals surface area (Å²) < 4.78 is 5.20. The fourth-order valence-electron chi connectivity index (χ4n) is 1.99. The number of aromatic nitrogens is 2. The van der Waals surface area contributed by atoms with E-state index in [4.69, 9.17) is 22.1 Å². The Morgan fingerprint density at radius 1 is 1.32 bits per heavy atom. The van der Waals surface area contributed by atoms with Gasteiger partial charge in [-0.15, -0.1) is 5.11 Å². The fourth-order valence-corrected chi connectivity index (χ4v) is 2.19. The summed E-state index contributed by atoms with van der Waals surface area (Å²) in [5.41, 5.74) is 7.47. The number of hydrogen-bond donors (Lipinski definition) is 1. The largest absolute Gasteiger partial charge is 0.495 e. The zero-order valence-electron chi connectivity index (χ0n) is 10.0. The molecule has 0 saturated heterocycles. The van der Waals surface area contributed by atoms with Crippen molar-refractivity contribution in [1.82, 2.24) is 9.97 Å². The van der Waals surface area contributed by atoms with Crippen LogP contribution in [-0.4, -0.2) is 17.1 Å². The molecule has 1 unspecified atom stereocenters. The smallest absolute Gasteiger partial charge is 0.185 e. The van der Waals surface area contributed by atoms with Gasteiger partial charge >= 0.3 is 0 Å². The monoisotopic (exact) mass is 275 g/mol. The number of nitrogens with zero attached hydrogens (tertiary/aromatic N) is 4. The Balaban J connectivity index is 2.09. The first-order valence-electron chi connectivity index (χ1n) is 5.55. The number of halogens is 1. The highest BCUT2D eigenvalue weighted by atomic mass is 35.5. The second kappa shape index (κ2) is 4.47. The molecule has 0 aliphatic carbocycles. The highest BCUT2D eigenvalue weighted by Gasteiger charge is 2.27. The van der Waals surface area contributed by atoms with Gasteiger partial charge in [0.1, 0.15) is 23.9 Å². The molecule has 1 atom stereocenters. The summed E-state index contributed by atoms with van der Waals surface area (Å²) in [5, 5.41) is 8.74.